The molecule has 0 fully saturated rings. The third-order valence-electron chi connectivity index (χ3n) is 2.60. The van der Waals surface area contributed by atoms with Crippen LogP contribution in [0.3, 0.4) is 0 Å². The molecular weight excluding hydrogens is 323 g/mol. The molecule has 0 aliphatic carbocycles. The highest BCUT2D eigenvalue weighted by Gasteiger charge is 2.15. The Bertz CT molecular complexity index is 648. The molecular formula is C12H12ClFN2O2S2. The fraction of sp³-hybridized carbons (Fsp3) is 0.333. The van der Waals surface area contributed by atoms with Crippen LogP contribution in [0.2, 0.25) is 5.02 Å². The predicted octanol–water partition coefficient (Wildman–Crippen LogP) is 3.37. The third-order valence-corrected chi connectivity index (χ3v) is 4.44. The summed E-state index contributed by atoms with van der Waals surface area (Å²) in [6.07, 6.45) is 1.97. The van der Waals surface area contributed by atoms with Gasteiger partial charge in [0, 0.05) is 18.4 Å². The van der Waals surface area contributed by atoms with Gasteiger partial charge in [0.05, 0.1) is 21.8 Å². The van der Waals surface area contributed by atoms with Gasteiger partial charge in [0.15, 0.2) is 5.16 Å². The maximum Gasteiger partial charge on any atom is 0.313 e. The fourth-order valence-corrected chi connectivity index (χ4v) is 3.02. The van der Waals surface area contributed by atoms with Crippen molar-refractivity contribution in [1.82, 2.24) is 9.55 Å². The number of halogens is 2. The van der Waals surface area contributed by atoms with Crippen molar-refractivity contribution in [3.8, 4) is 0 Å². The van der Waals surface area contributed by atoms with E-state index in [0.717, 1.165) is 17.5 Å². The Balaban J connectivity index is 2.45. The van der Waals surface area contributed by atoms with Gasteiger partial charge in [-0.1, -0.05) is 23.4 Å². The van der Waals surface area contributed by atoms with Crippen LogP contribution in [0, 0.1) is 5.82 Å². The molecule has 1 N–H and O–H groups in total. The van der Waals surface area contributed by atoms with E-state index in [-0.39, 0.29) is 10.8 Å². The van der Waals surface area contributed by atoms with Gasteiger partial charge in [0.2, 0.25) is 0 Å². The number of fused-ring (bicyclic) bond motifs is 1. The molecule has 0 aliphatic heterocycles. The maximum absolute atomic E-state index is 13.6. The summed E-state index contributed by atoms with van der Waals surface area (Å²) in [6.45, 7) is 0.640. The minimum atomic E-state index is -0.914. The predicted molar refractivity (Wildman–Crippen MR) is 81.4 cm³/mol. The molecule has 1 heterocycles. The minimum Gasteiger partial charge on any atom is -0.481 e. The van der Waals surface area contributed by atoms with E-state index >= 15 is 0 Å². The molecule has 0 saturated heterocycles. The first-order chi connectivity index (χ1) is 9.52. The molecule has 4 nitrogen and oxygen atoms in total. The standard InChI is InChI=1S/C12H12ClFN2O2S2/c1-19-3-2-16-10-5-8(14)7(13)4-9(10)15-12(16)20-6-11(17)18/h4-5H,2-3,6H2,1H3,(H,17,18). The number of hydrogen-bond donors (Lipinski definition) is 1. The summed E-state index contributed by atoms with van der Waals surface area (Å²) < 4.78 is 15.4. The van der Waals surface area contributed by atoms with Crippen LogP contribution in [0.4, 0.5) is 4.39 Å². The first-order valence-electron chi connectivity index (χ1n) is 5.71. The zero-order valence-corrected chi connectivity index (χ0v) is 13.0. The highest BCUT2D eigenvalue weighted by molar-refractivity contribution is 7.99. The number of aliphatic carboxylic acids is 1. The number of imidazole rings is 1. The van der Waals surface area contributed by atoms with E-state index < -0.39 is 11.8 Å². The second kappa shape index (κ2) is 6.69. The zero-order chi connectivity index (χ0) is 14.7. The minimum absolute atomic E-state index is 0.0156. The van der Waals surface area contributed by atoms with Gasteiger partial charge in [0.1, 0.15) is 5.82 Å². The SMILES string of the molecule is CSCCn1c(SCC(=O)O)nc2cc(Cl)c(F)cc21. The van der Waals surface area contributed by atoms with Crippen molar-refractivity contribution in [1.29, 1.82) is 0 Å². The van der Waals surface area contributed by atoms with E-state index in [0.29, 0.717) is 22.7 Å². The molecule has 8 heteroatoms. The highest BCUT2D eigenvalue weighted by atomic mass is 35.5. The number of aryl methyl sites for hydroxylation is 1. The lowest BCUT2D eigenvalue weighted by Gasteiger charge is -2.07. The molecule has 0 amide bonds. The number of carbonyl (C=O) groups is 1. The summed E-state index contributed by atoms with van der Waals surface area (Å²) in [5.41, 5.74) is 1.21. The quantitative estimate of drug-likeness (QED) is 0.821. The maximum atomic E-state index is 13.6. The molecule has 0 radical (unpaired) electrons. The van der Waals surface area contributed by atoms with Crippen molar-refractivity contribution in [3.05, 3.63) is 23.0 Å². The summed E-state index contributed by atoms with van der Waals surface area (Å²) in [6, 6.07) is 2.81. The van der Waals surface area contributed by atoms with Crippen LogP contribution in [-0.4, -0.2) is 38.4 Å². The number of rotatable bonds is 6. The summed E-state index contributed by atoms with van der Waals surface area (Å²) in [7, 11) is 0. The highest BCUT2D eigenvalue weighted by Crippen LogP contribution is 2.28. The Kier molecular flexibility index (Phi) is 5.17. The molecule has 0 atom stereocenters. The van der Waals surface area contributed by atoms with E-state index in [1.807, 2.05) is 10.8 Å². The largest absolute Gasteiger partial charge is 0.481 e. The van der Waals surface area contributed by atoms with Crippen LogP contribution >= 0.6 is 35.1 Å². The van der Waals surface area contributed by atoms with Crippen molar-refractivity contribution in [3.63, 3.8) is 0 Å². The number of carboxylic acids is 1. The number of thioether (sulfide) groups is 2. The second-order valence-electron chi connectivity index (χ2n) is 3.98. The van der Waals surface area contributed by atoms with E-state index in [1.54, 1.807) is 11.8 Å². The fourth-order valence-electron chi connectivity index (χ4n) is 1.73. The van der Waals surface area contributed by atoms with Crippen LogP contribution in [0.1, 0.15) is 0 Å². The smallest absolute Gasteiger partial charge is 0.313 e. The Hall–Kier alpha value is -0.920. The monoisotopic (exact) mass is 334 g/mol. The van der Waals surface area contributed by atoms with Gasteiger partial charge < -0.3 is 9.67 Å². The molecule has 108 valence electrons. The van der Waals surface area contributed by atoms with E-state index in [4.69, 9.17) is 16.7 Å². The molecule has 2 rings (SSSR count). The van der Waals surface area contributed by atoms with Gasteiger partial charge in [-0.3, -0.25) is 4.79 Å². The van der Waals surface area contributed by atoms with Crippen molar-refractivity contribution in [2.75, 3.05) is 17.8 Å². The van der Waals surface area contributed by atoms with Crippen LogP contribution in [0.15, 0.2) is 17.3 Å². The summed E-state index contributed by atoms with van der Waals surface area (Å²) in [5, 5.41) is 9.35. The van der Waals surface area contributed by atoms with Crippen molar-refractivity contribution >= 4 is 52.1 Å². The number of hydrogen-bond acceptors (Lipinski definition) is 4. The molecule has 0 bridgehead atoms. The summed E-state index contributed by atoms with van der Waals surface area (Å²) in [5.74, 6) is -0.670. The number of carboxylic acid groups (broad SMARTS) is 1. The van der Waals surface area contributed by atoms with Gasteiger partial charge in [0.25, 0.3) is 0 Å². The zero-order valence-electron chi connectivity index (χ0n) is 10.6. The normalized spacial score (nSPS) is 11.2. The lowest BCUT2D eigenvalue weighted by molar-refractivity contribution is -0.133. The lowest BCUT2D eigenvalue weighted by Crippen LogP contribution is -2.05. The molecule has 2 aromatic rings. The van der Waals surface area contributed by atoms with Crippen LogP contribution in [-0.2, 0) is 11.3 Å². The Morgan fingerprint density at radius 1 is 1.55 bits per heavy atom. The summed E-state index contributed by atoms with van der Waals surface area (Å²) in [4.78, 5) is 15.0. The van der Waals surface area contributed by atoms with E-state index in [2.05, 4.69) is 4.98 Å². The van der Waals surface area contributed by atoms with Crippen molar-refractivity contribution in [2.24, 2.45) is 0 Å². The van der Waals surface area contributed by atoms with Gasteiger partial charge >= 0.3 is 5.97 Å². The number of nitrogens with zero attached hydrogens (tertiary/aromatic N) is 2. The molecule has 1 aromatic heterocycles. The van der Waals surface area contributed by atoms with Crippen LogP contribution in [0.25, 0.3) is 11.0 Å². The van der Waals surface area contributed by atoms with Crippen LogP contribution < -0.4 is 0 Å². The van der Waals surface area contributed by atoms with Gasteiger partial charge in [-0.25, -0.2) is 9.37 Å². The number of benzene rings is 1. The first-order valence-corrected chi connectivity index (χ1v) is 8.47. The van der Waals surface area contributed by atoms with Gasteiger partial charge in [-0.2, -0.15) is 11.8 Å². The molecule has 0 spiro atoms. The molecule has 0 unspecified atom stereocenters. The third kappa shape index (κ3) is 3.39. The molecule has 0 saturated carbocycles. The Morgan fingerprint density at radius 3 is 2.95 bits per heavy atom. The molecule has 20 heavy (non-hydrogen) atoms. The topological polar surface area (TPSA) is 55.1 Å². The first kappa shape index (κ1) is 15.5. The molecule has 1 aromatic carbocycles. The van der Waals surface area contributed by atoms with Gasteiger partial charge in [-0.05, 0) is 12.3 Å². The number of aromatic nitrogens is 2. The van der Waals surface area contributed by atoms with Gasteiger partial charge in [-0.15, -0.1) is 0 Å². The molecule has 0 aliphatic rings. The Labute approximate surface area is 128 Å². The summed E-state index contributed by atoms with van der Waals surface area (Å²) >= 11 is 8.53. The van der Waals surface area contributed by atoms with E-state index in [9.17, 15) is 9.18 Å². The van der Waals surface area contributed by atoms with Crippen molar-refractivity contribution in [2.45, 2.75) is 11.7 Å². The average Bonchev–Trinajstić information content (AvgIpc) is 2.72. The van der Waals surface area contributed by atoms with E-state index in [1.165, 1.54) is 12.1 Å². The van der Waals surface area contributed by atoms with Crippen molar-refractivity contribution < 1.29 is 14.3 Å². The second-order valence-corrected chi connectivity index (χ2v) is 6.31. The lowest BCUT2D eigenvalue weighted by atomic mass is 10.3. The van der Waals surface area contributed by atoms with Crippen LogP contribution in [0.5, 0.6) is 0 Å². The Morgan fingerprint density at radius 2 is 2.30 bits per heavy atom. The average molecular weight is 335 g/mol.